The van der Waals surface area contributed by atoms with Crippen LogP contribution in [0.3, 0.4) is 0 Å². The van der Waals surface area contributed by atoms with Crippen molar-refractivity contribution in [1.82, 2.24) is 15.2 Å². The highest BCUT2D eigenvalue weighted by Gasteiger charge is 2.25. The second kappa shape index (κ2) is 8.98. The molecule has 32 heavy (non-hydrogen) atoms. The molecule has 0 aliphatic carbocycles. The van der Waals surface area contributed by atoms with Crippen LogP contribution in [0.2, 0.25) is 0 Å². The molecule has 9 nitrogen and oxygen atoms in total. The molecule has 1 heterocycles. The van der Waals surface area contributed by atoms with Crippen molar-refractivity contribution >= 4 is 44.5 Å². The van der Waals surface area contributed by atoms with Gasteiger partial charge in [0.1, 0.15) is 11.9 Å². The molecule has 0 unspecified atom stereocenters. The predicted octanol–water partition coefficient (Wildman–Crippen LogP) is 4.22. The second-order valence-corrected chi connectivity index (χ2v) is 7.78. The van der Waals surface area contributed by atoms with Crippen LogP contribution in [-0.2, 0) is 6.54 Å². The topological polar surface area (TPSA) is 123 Å². The van der Waals surface area contributed by atoms with Crippen molar-refractivity contribution in [2.45, 2.75) is 6.54 Å². The van der Waals surface area contributed by atoms with E-state index in [-0.39, 0.29) is 18.0 Å². The number of hydrazone groups is 1. The van der Waals surface area contributed by atoms with Gasteiger partial charge in [-0.2, -0.15) is 10.2 Å². The third-order valence-electron chi connectivity index (χ3n) is 4.70. The number of nitrogens with one attached hydrogen (secondary N) is 1. The van der Waals surface area contributed by atoms with E-state index >= 15 is 0 Å². The lowest BCUT2D eigenvalue weighted by Crippen LogP contribution is -2.19. The molecule has 0 saturated carbocycles. The molecule has 1 aromatic heterocycles. The number of hydrogen-bond acceptors (Lipinski definition) is 6. The lowest BCUT2D eigenvalue weighted by Gasteiger charge is -2.04. The third-order valence-corrected chi connectivity index (χ3v) is 5.19. The van der Waals surface area contributed by atoms with Gasteiger partial charge in [-0.3, -0.25) is 19.6 Å². The molecule has 0 fully saturated rings. The first-order valence-electron chi connectivity index (χ1n) is 9.43. The minimum absolute atomic E-state index is 0.00835. The van der Waals surface area contributed by atoms with Gasteiger partial charge in [-0.15, -0.1) is 0 Å². The highest BCUT2D eigenvalue weighted by molar-refractivity contribution is 9.10. The van der Waals surface area contributed by atoms with E-state index in [4.69, 9.17) is 0 Å². The largest absolute Gasteiger partial charge is 0.507 e. The summed E-state index contributed by atoms with van der Waals surface area (Å²) in [6.07, 6.45) is 2.50. The van der Waals surface area contributed by atoms with Gasteiger partial charge >= 0.3 is 5.69 Å². The zero-order valence-electron chi connectivity index (χ0n) is 16.5. The molecule has 2 N–H and O–H groups in total. The molecular formula is C22H16BrN5O4. The Hall–Kier alpha value is -4.05. The van der Waals surface area contributed by atoms with Crippen LogP contribution >= 0.6 is 15.9 Å². The molecule has 0 spiro atoms. The first kappa shape index (κ1) is 21.2. The number of nitrogens with zero attached hydrogens (tertiary/aromatic N) is 4. The van der Waals surface area contributed by atoms with Crippen LogP contribution in [0.5, 0.6) is 5.75 Å². The van der Waals surface area contributed by atoms with Gasteiger partial charge in [0.15, 0.2) is 0 Å². The van der Waals surface area contributed by atoms with E-state index in [0.29, 0.717) is 5.56 Å². The second-order valence-electron chi connectivity index (χ2n) is 6.87. The van der Waals surface area contributed by atoms with Gasteiger partial charge in [0, 0.05) is 10.0 Å². The van der Waals surface area contributed by atoms with Gasteiger partial charge in [-0.05, 0) is 34.5 Å². The fourth-order valence-electron chi connectivity index (χ4n) is 3.24. The fraction of sp³-hybridized carbons (Fsp3) is 0.0455. The number of phenolic OH excluding ortho intramolecular Hbond substituents is 1. The number of hydrogen-bond donors (Lipinski definition) is 2. The number of carbonyl (C=O) groups is 1. The number of fused-ring (bicyclic) bond motifs is 1. The normalized spacial score (nSPS) is 11.2. The molecule has 0 bridgehead atoms. The van der Waals surface area contributed by atoms with Gasteiger partial charge < -0.3 is 5.11 Å². The third kappa shape index (κ3) is 4.49. The van der Waals surface area contributed by atoms with Crippen LogP contribution in [0.25, 0.3) is 10.8 Å². The van der Waals surface area contributed by atoms with Gasteiger partial charge in [-0.25, -0.2) is 5.43 Å². The van der Waals surface area contributed by atoms with E-state index in [0.717, 1.165) is 20.8 Å². The lowest BCUT2D eigenvalue weighted by molar-refractivity contribution is -0.385. The monoisotopic (exact) mass is 493 g/mol. The molecule has 1 amide bonds. The molecule has 0 saturated heterocycles. The van der Waals surface area contributed by atoms with E-state index in [1.165, 1.54) is 23.2 Å². The number of carbonyl (C=O) groups excluding carboxylic acids is 1. The SMILES string of the molecule is O=C(N/N=C/c1c(O)ccc2ccccc12)c1nn(Cc2cccc(Br)c2)cc1[N+](=O)[O-]. The van der Waals surface area contributed by atoms with Crippen molar-refractivity contribution in [3.8, 4) is 5.75 Å². The molecule has 3 aromatic carbocycles. The van der Waals surface area contributed by atoms with Crippen molar-refractivity contribution < 1.29 is 14.8 Å². The zero-order valence-corrected chi connectivity index (χ0v) is 18.1. The summed E-state index contributed by atoms with van der Waals surface area (Å²) < 4.78 is 2.19. The van der Waals surface area contributed by atoms with Crippen LogP contribution < -0.4 is 5.43 Å². The van der Waals surface area contributed by atoms with Gasteiger partial charge in [0.05, 0.1) is 17.7 Å². The molecule has 0 aliphatic rings. The number of halogens is 1. The summed E-state index contributed by atoms with van der Waals surface area (Å²) in [5, 5.41) is 31.2. The number of amides is 1. The average Bonchev–Trinajstić information content (AvgIpc) is 3.19. The van der Waals surface area contributed by atoms with Gasteiger partial charge in [0.2, 0.25) is 5.69 Å². The van der Waals surface area contributed by atoms with Crippen molar-refractivity contribution in [3.05, 3.63) is 98.3 Å². The molecular weight excluding hydrogens is 478 g/mol. The van der Waals surface area contributed by atoms with Crippen LogP contribution in [0.4, 0.5) is 5.69 Å². The first-order chi connectivity index (χ1) is 15.4. The predicted molar refractivity (Wildman–Crippen MR) is 123 cm³/mol. The Morgan fingerprint density at radius 3 is 2.81 bits per heavy atom. The summed E-state index contributed by atoms with van der Waals surface area (Å²) in [5.41, 5.74) is 2.74. The number of nitro groups is 1. The van der Waals surface area contributed by atoms with Crippen molar-refractivity contribution in [2.24, 2.45) is 5.10 Å². The van der Waals surface area contributed by atoms with E-state index in [1.807, 2.05) is 48.5 Å². The van der Waals surface area contributed by atoms with Crippen LogP contribution in [0.1, 0.15) is 21.6 Å². The minimum Gasteiger partial charge on any atom is -0.507 e. The van der Waals surface area contributed by atoms with Crippen molar-refractivity contribution in [2.75, 3.05) is 0 Å². The highest BCUT2D eigenvalue weighted by atomic mass is 79.9. The zero-order chi connectivity index (χ0) is 22.7. The molecule has 0 radical (unpaired) electrons. The van der Waals surface area contributed by atoms with Crippen molar-refractivity contribution in [3.63, 3.8) is 0 Å². The standard InChI is InChI=1S/C22H16BrN5O4/c23-16-6-3-4-14(10-16)12-27-13-19(28(31)32)21(26-27)22(30)25-24-11-18-17-7-2-1-5-15(17)8-9-20(18)29/h1-11,13,29H,12H2,(H,25,30)/b24-11+. The molecule has 160 valence electrons. The Balaban J connectivity index is 1.56. The van der Waals surface area contributed by atoms with E-state index in [2.05, 4.69) is 31.6 Å². The fourth-order valence-corrected chi connectivity index (χ4v) is 3.68. The smallest absolute Gasteiger partial charge is 0.320 e. The number of aromatic nitrogens is 2. The van der Waals surface area contributed by atoms with Crippen molar-refractivity contribution in [1.29, 1.82) is 0 Å². The Bertz CT molecular complexity index is 1370. The maximum Gasteiger partial charge on any atom is 0.320 e. The average molecular weight is 494 g/mol. The molecule has 10 heteroatoms. The van der Waals surface area contributed by atoms with Gasteiger partial charge in [-0.1, -0.05) is 58.4 Å². The van der Waals surface area contributed by atoms with Crippen LogP contribution in [0.15, 0.2) is 76.4 Å². The highest BCUT2D eigenvalue weighted by Crippen LogP contribution is 2.25. The summed E-state index contributed by atoms with van der Waals surface area (Å²) in [7, 11) is 0. The summed E-state index contributed by atoms with van der Waals surface area (Å²) in [6, 6.07) is 18.1. The summed E-state index contributed by atoms with van der Waals surface area (Å²) in [5.74, 6) is -0.841. The Kier molecular flexibility index (Phi) is 5.95. The van der Waals surface area contributed by atoms with Crippen LogP contribution in [-0.4, -0.2) is 31.9 Å². The lowest BCUT2D eigenvalue weighted by atomic mass is 10.0. The molecule has 4 rings (SSSR count). The maximum atomic E-state index is 12.6. The minimum atomic E-state index is -0.833. The summed E-state index contributed by atoms with van der Waals surface area (Å²) >= 11 is 3.37. The van der Waals surface area contributed by atoms with E-state index in [1.54, 1.807) is 6.07 Å². The maximum absolute atomic E-state index is 12.6. The molecule has 0 aliphatic heterocycles. The van der Waals surface area contributed by atoms with Crippen LogP contribution in [0, 0.1) is 10.1 Å². The number of rotatable bonds is 6. The number of phenols is 1. The molecule has 4 aromatic rings. The summed E-state index contributed by atoms with van der Waals surface area (Å²) in [4.78, 5) is 23.3. The molecule has 0 atom stereocenters. The Morgan fingerprint density at radius 2 is 2.03 bits per heavy atom. The van der Waals surface area contributed by atoms with Gasteiger partial charge in [0.25, 0.3) is 5.91 Å². The number of benzene rings is 3. The number of aromatic hydroxyl groups is 1. The first-order valence-corrected chi connectivity index (χ1v) is 10.2. The summed E-state index contributed by atoms with van der Waals surface area (Å²) in [6.45, 7) is 0.251. The Morgan fingerprint density at radius 1 is 1.22 bits per heavy atom. The quantitative estimate of drug-likeness (QED) is 0.236. The Labute approximate surface area is 190 Å². The van der Waals surface area contributed by atoms with E-state index < -0.39 is 16.5 Å². The van der Waals surface area contributed by atoms with E-state index in [9.17, 15) is 20.0 Å².